The minimum absolute atomic E-state index is 0.207. The Labute approximate surface area is 185 Å². The van der Waals surface area contributed by atoms with Gasteiger partial charge >= 0.3 is 0 Å². The van der Waals surface area contributed by atoms with Crippen molar-refractivity contribution in [3.05, 3.63) is 94.0 Å². The number of carbonyl (C=O) groups is 1. The van der Waals surface area contributed by atoms with Crippen LogP contribution in [-0.4, -0.2) is 13.0 Å². The Balaban J connectivity index is 1.72. The highest BCUT2D eigenvalue weighted by atomic mass is 79.9. The lowest BCUT2D eigenvalue weighted by molar-refractivity contribution is -0.111. The number of hydrogen-bond acceptors (Lipinski definition) is 3. The number of halogens is 1. The van der Waals surface area contributed by atoms with Crippen LogP contribution in [0.1, 0.15) is 23.6 Å². The number of para-hydroxylation sites is 1. The molecule has 3 rings (SSSR count). The van der Waals surface area contributed by atoms with Crippen LogP contribution < -0.4 is 14.8 Å². The van der Waals surface area contributed by atoms with Gasteiger partial charge in [0.05, 0.1) is 7.11 Å². The second kappa shape index (κ2) is 10.6. The molecular formula is C25H24BrNO3. The lowest BCUT2D eigenvalue weighted by Gasteiger charge is -2.13. The SMILES string of the molecule is CCc1ccc(NC(=O)/C=C/c2cccc(OC)c2OCc2ccc(Br)cc2)cc1. The predicted molar refractivity (Wildman–Crippen MR) is 125 cm³/mol. The zero-order valence-corrected chi connectivity index (χ0v) is 18.6. The number of amides is 1. The first kappa shape index (κ1) is 21.7. The van der Waals surface area contributed by atoms with E-state index in [4.69, 9.17) is 9.47 Å². The second-order valence-corrected chi connectivity index (χ2v) is 7.58. The topological polar surface area (TPSA) is 47.6 Å². The Bertz CT molecular complexity index is 1010. The number of nitrogens with one attached hydrogen (secondary N) is 1. The first-order valence-electron chi connectivity index (χ1n) is 9.71. The molecule has 5 heteroatoms. The van der Waals surface area contributed by atoms with Crippen LogP contribution in [0.2, 0.25) is 0 Å². The number of benzene rings is 3. The van der Waals surface area contributed by atoms with Crippen molar-refractivity contribution < 1.29 is 14.3 Å². The lowest BCUT2D eigenvalue weighted by Crippen LogP contribution is -2.07. The summed E-state index contributed by atoms with van der Waals surface area (Å²) in [7, 11) is 1.60. The number of ether oxygens (including phenoxy) is 2. The van der Waals surface area contributed by atoms with E-state index in [1.165, 1.54) is 11.6 Å². The molecular weight excluding hydrogens is 442 g/mol. The minimum Gasteiger partial charge on any atom is -0.493 e. The zero-order chi connectivity index (χ0) is 21.3. The summed E-state index contributed by atoms with van der Waals surface area (Å²) in [5.41, 5.74) is 3.79. The van der Waals surface area contributed by atoms with Gasteiger partial charge in [-0.05, 0) is 54.0 Å². The average molecular weight is 466 g/mol. The van der Waals surface area contributed by atoms with Crippen molar-refractivity contribution in [2.24, 2.45) is 0 Å². The van der Waals surface area contributed by atoms with Gasteiger partial charge in [-0.25, -0.2) is 0 Å². The molecule has 1 amide bonds. The van der Waals surface area contributed by atoms with Gasteiger partial charge in [0.1, 0.15) is 6.61 Å². The second-order valence-electron chi connectivity index (χ2n) is 6.67. The molecule has 0 radical (unpaired) electrons. The molecule has 30 heavy (non-hydrogen) atoms. The lowest BCUT2D eigenvalue weighted by atomic mass is 10.1. The fourth-order valence-electron chi connectivity index (χ4n) is 2.89. The average Bonchev–Trinajstić information content (AvgIpc) is 2.78. The Morgan fingerprint density at radius 1 is 1.00 bits per heavy atom. The van der Waals surface area contributed by atoms with Crippen LogP contribution in [-0.2, 0) is 17.8 Å². The molecule has 4 nitrogen and oxygen atoms in total. The first-order valence-corrected chi connectivity index (χ1v) is 10.5. The van der Waals surface area contributed by atoms with Gasteiger partial charge in [0, 0.05) is 21.8 Å². The van der Waals surface area contributed by atoms with E-state index in [9.17, 15) is 4.79 Å². The van der Waals surface area contributed by atoms with Crippen LogP contribution in [0.5, 0.6) is 11.5 Å². The van der Waals surface area contributed by atoms with Crippen molar-refractivity contribution in [2.45, 2.75) is 20.0 Å². The maximum atomic E-state index is 12.3. The van der Waals surface area contributed by atoms with Gasteiger partial charge in [-0.2, -0.15) is 0 Å². The largest absolute Gasteiger partial charge is 0.493 e. The highest BCUT2D eigenvalue weighted by Gasteiger charge is 2.10. The number of carbonyl (C=O) groups excluding carboxylic acids is 1. The molecule has 3 aromatic carbocycles. The quantitative estimate of drug-likeness (QED) is 0.399. The standard InChI is InChI=1S/C25H24BrNO3/c1-3-18-9-14-22(15-10-18)27-24(28)16-11-20-5-4-6-23(29-2)25(20)30-17-19-7-12-21(26)13-8-19/h4-16H,3,17H2,1-2H3,(H,27,28)/b16-11+. The summed E-state index contributed by atoms with van der Waals surface area (Å²) >= 11 is 3.43. The van der Waals surface area contributed by atoms with E-state index in [1.807, 2.05) is 66.7 Å². The van der Waals surface area contributed by atoms with Crippen molar-refractivity contribution in [1.82, 2.24) is 0 Å². The molecule has 0 unspecified atom stereocenters. The number of rotatable bonds is 8. The summed E-state index contributed by atoms with van der Waals surface area (Å²) < 4.78 is 12.5. The Hall–Kier alpha value is -3.05. The molecule has 3 aromatic rings. The molecule has 0 saturated heterocycles. The van der Waals surface area contributed by atoms with Gasteiger partial charge in [0.2, 0.25) is 5.91 Å². The molecule has 0 aliphatic carbocycles. The third-order valence-corrected chi connectivity index (χ3v) is 5.10. The summed E-state index contributed by atoms with van der Waals surface area (Å²) in [6.07, 6.45) is 4.19. The smallest absolute Gasteiger partial charge is 0.248 e. The van der Waals surface area contributed by atoms with Gasteiger partial charge in [-0.1, -0.05) is 59.3 Å². The van der Waals surface area contributed by atoms with Crippen LogP contribution in [0.25, 0.3) is 6.08 Å². The minimum atomic E-state index is -0.207. The van der Waals surface area contributed by atoms with E-state index in [0.717, 1.165) is 27.7 Å². The van der Waals surface area contributed by atoms with E-state index in [-0.39, 0.29) is 5.91 Å². The molecule has 1 N–H and O–H groups in total. The fourth-order valence-corrected chi connectivity index (χ4v) is 3.15. The molecule has 0 bridgehead atoms. The number of hydrogen-bond donors (Lipinski definition) is 1. The summed E-state index contributed by atoms with van der Waals surface area (Å²) in [4.78, 5) is 12.3. The zero-order valence-electron chi connectivity index (χ0n) is 17.0. The Kier molecular flexibility index (Phi) is 7.69. The molecule has 0 saturated carbocycles. The normalized spacial score (nSPS) is 10.8. The van der Waals surface area contributed by atoms with Gasteiger partial charge < -0.3 is 14.8 Å². The maximum absolute atomic E-state index is 12.3. The van der Waals surface area contributed by atoms with Crippen LogP contribution >= 0.6 is 15.9 Å². The van der Waals surface area contributed by atoms with E-state index < -0.39 is 0 Å². The summed E-state index contributed by atoms with van der Waals surface area (Å²) in [5.74, 6) is 1.00. The van der Waals surface area contributed by atoms with Gasteiger partial charge in [0.15, 0.2) is 11.5 Å². The van der Waals surface area contributed by atoms with Crippen LogP contribution in [0.3, 0.4) is 0 Å². The Morgan fingerprint density at radius 3 is 2.37 bits per heavy atom. The molecule has 0 fully saturated rings. The van der Waals surface area contributed by atoms with Gasteiger partial charge in [-0.15, -0.1) is 0 Å². The molecule has 0 spiro atoms. The number of aryl methyl sites for hydroxylation is 1. The molecule has 0 aliphatic heterocycles. The molecule has 0 heterocycles. The van der Waals surface area contributed by atoms with Crippen molar-refractivity contribution in [2.75, 3.05) is 12.4 Å². The van der Waals surface area contributed by atoms with E-state index in [0.29, 0.717) is 18.1 Å². The summed E-state index contributed by atoms with van der Waals surface area (Å²) in [5, 5.41) is 2.87. The first-order chi connectivity index (χ1) is 14.6. The van der Waals surface area contributed by atoms with Crippen LogP contribution in [0.15, 0.2) is 77.3 Å². The Morgan fingerprint density at radius 2 is 1.70 bits per heavy atom. The summed E-state index contributed by atoms with van der Waals surface area (Å²) in [6.45, 7) is 2.49. The van der Waals surface area contributed by atoms with Crippen LogP contribution in [0.4, 0.5) is 5.69 Å². The van der Waals surface area contributed by atoms with Crippen molar-refractivity contribution >= 4 is 33.6 Å². The number of methoxy groups -OCH3 is 1. The molecule has 0 aliphatic rings. The van der Waals surface area contributed by atoms with Crippen LogP contribution in [0, 0.1) is 0 Å². The highest BCUT2D eigenvalue weighted by molar-refractivity contribution is 9.10. The van der Waals surface area contributed by atoms with Crippen molar-refractivity contribution in [3.63, 3.8) is 0 Å². The predicted octanol–water partition coefficient (Wildman–Crippen LogP) is 6.25. The third-order valence-electron chi connectivity index (χ3n) is 4.57. The molecule has 0 atom stereocenters. The monoisotopic (exact) mass is 465 g/mol. The van der Waals surface area contributed by atoms with Crippen molar-refractivity contribution in [3.8, 4) is 11.5 Å². The highest BCUT2D eigenvalue weighted by Crippen LogP contribution is 2.32. The molecule has 154 valence electrons. The molecule has 0 aromatic heterocycles. The number of anilines is 1. The van der Waals surface area contributed by atoms with E-state index >= 15 is 0 Å². The maximum Gasteiger partial charge on any atom is 0.248 e. The van der Waals surface area contributed by atoms with Crippen molar-refractivity contribution in [1.29, 1.82) is 0 Å². The van der Waals surface area contributed by atoms with E-state index in [1.54, 1.807) is 13.2 Å². The third kappa shape index (κ3) is 5.97. The fraction of sp³-hybridized carbons (Fsp3) is 0.160. The summed E-state index contributed by atoms with van der Waals surface area (Å²) in [6, 6.07) is 21.3. The van der Waals surface area contributed by atoms with Gasteiger partial charge in [0.25, 0.3) is 0 Å². The van der Waals surface area contributed by atoms with Gasteiger partial charge in [-0.3, -0.25) is 4.79 Å². The van der Waals surface area contributed by atoms with E-state index in [2.05, 4.69) is 28.2 Å².